The summed E-state index contributed by atoms with van der Waals surface area (Å²) in [6.07, 6.45) is 1.43. The van der Waals surface area contributed by atoms with Crippen LogP contribution in [0.1, 0.15) is 21.7 Å². The molecule has 19 heavy (non-hydrogen) atoms. The summed E-state index contributed by atoms with van der Waals surface area (Å²) in [4.78, 5) is 20.2. The van der Waals surface area contributed by atoms with Crippen LogP contribution in [0.4, 0.5) is 5.69 Å². The maximum atomic E-state index is 12.2. The van der Waals surface area contributed by atoms with E-state index in [9.17, 15) is 4.79 Å². The van der Waals surface area contributed by atoms with E-state index < -0.39 is 0 Å². The van der Waals surface area contributed by atoms with Gasteiger partial charge in [-0.25, -0.2) is 9.97 Å². The Labute approximate surface area is 120 Å². The molecule has 0 spiro atoms. The van der Waals surface area contributed by atoms with Crippen LogP contribution in [-0.2, 0) is 0 Å². The third-order valence-electron chi connectivity index (χ3n) is 2.57. The van der Waals surface area contributed by atoms with E-state index in [1.54, 1.807) is 32.0 Å². The van der Waals surface area contributed by atoms with Crippen molar-refractivity contribution in [1.29, 1.82) is 0 Å². The maximum Gasteiger partial charge on any atom is 0.259 e. The van der Waals surface area contributed by atoms with E-state index >= 15 is 0 Å². The molecule has 1 aromatic carbocycles. The summed E-state index contributed by atoms with van der Waals surface area (Å²) in [6, 6.07) is 4.85. The summed E-state index contributed by atoms with van der Waals surface area (Å²) in [6.45, 7) is 3.52. The van der Waals surface area contributed by atoms with Crippen molar-refractivity contribution in [3.8, 4) is 0 Å². The average molecular weight is 296 g/mol. The molecule has 1 amide bonds. The van der Waals surface area contributed by atoms with Gasteiger partial charge in [-0.15, -0.1) is 0 Å². The number of carbonyl (C=O) groups excluding carboxylic acids is 1. The van der Waals surface area contributed by atoms with E-state index in [0.717, 1.165) is 0 Å². The van der Waals surface area contributed by atoms with Gasteiger partial charge in [0.2, 0.25) is 0 Å². The van der Waals surface area contributed by atoms with Crippen LogP contribution < -0.4 is 5.32 Å². The van der Waals surface area contributed by atoms with Gasteiger partial charge in [0.05, 0.1) is 17.0 Å². The SMILES string of the molecule is Cc1ncnc(C)c1C(=O)Nc1cc(Cl)cc(Cl)c1. The number of halogens is 2. The second-order valence-electron chi connectivity index (χ2n) is 4.03. The van der Waals surface area contributed by atoms with E-state index in [0.29, 0.717) is 32.7 Å². The molecular weight excluding hydrogens is 285 g/mol. The molecule has 98 valence electrons. The first-order chi connectivity index (χ1) is 8.97. The van der Waals surface area contributed by atoms with E-state index in [1.807, 2.05) is 0 Å². The number of nitrogens with zero attached hydrogens (tertiary/aromatic N) is 2. The van der Waals surface area contributed by atoms with E-state index in [1.165, 1.54) is 6.33 Å². The molecule has 0 aliphatic carbocycles. The Bertz CT molecular complexity index is 603. The number of benzene rings is 1. The van der Waals surface area contributed by atoms with Crippen LogP contribution in [0.15, 0.2) is 24.5 Å². The molecule has 6 heteroatoms. The molecule has 0 fully saturated rings. The normalized spacial score (nSPS) is 10.3. The number of aryl methyl sites for hydroxylation is 2. The monoisotopic (exact) mass is 295 g/mol. The maximum absolute atomic E-state index is 12.2. The molecule has 1 aromatic heterocycles. The lowest BCUT2D eigenvalue weighted by molar-refractivity contribution is 0.102. The van der Waals surface area contributed by atoms with Gasteiger partial charge in [-0.2, -0.15) is 0 Å². The topological polar surface area (TPSA) is 54.9 Å². The van der Waals surface area contributed by atoms with E-state index in [4.69, 9.17) is 23.2 Å². The molecule has 1 heterocycles. The summed E-state index contributed by atoms with van der Waals surface area (Å²) >= 11 is 11.8. The third kappa shape index (κ3) is 3.22. The molecule has 0 radical (unpaired) electrons. The van der Waals surface area contributed by atoms with Gasteiger partial charge >= 0.3 is 0 Å². The highest BCUT2D eigenvalue weighted by molar-refractivity contribution is 6.35. The Morgan fingerprint density at radius 2 is 1.58 bits per heavy atom. The number of carbonyl (C=O) groups is 1. The van der Waals surface area contributed by atoms with Gasteiger partial charge < -0.3 is 5.32 Å². The first kappa shape index (κ1) is 13.8. The lowest BCUT2D eigenvalue weighted by atomic mass is 10.1. The van der Waals surface area contributed by atoms with Crippen LogP contribution in [0, 0.1) is 13.8 Å². The third-order valence-corrected chi connectivity index (χ3v) is 3.01. The average Bonchev–Trinajstić information content (AvgIpc) is 2.26. The van der Waals surface area contributed by atoms with Crippen molar-refractivity contribution in [1.82, 2.24) is 9.97 Å². The first-order valence-electron chi connectivity index (χ1n) is 5.53. The van der Waals surface area contributed by atoms with Crippen LogP contribution in [0.5, 0.6) is 0 Å². The molecule has 0 saturated heterocycles. The zero-order valence-electron chi connectivity index (χ0n) is 10.4. The minimum atomic E-state index is -0.283. The molecular formula is C13H11Cl2N3O. The van der Waals surface area contributed by atoms with Crippen molar-refractivity contribution >= 4 is 34.8 Å². The van der Waals surface area contributed by atoms with E-state index in [2.05, 4.69) is 15.3 Å². The Morgan fingerprint density at radius 1 is 1.05 bits per heavy atom. The van der Waals surface area contributed by atoms with Crippen LogP contribution in [0.3, 0.4) is 0 Å². The fourth-order valence-electron chi connectivity index (χ4n) is 1.74. The predicted molar refractivity (Wildman–Crippen MR) is 75.9 cm³/mol. The Hall–Kier alpha value is -1.65. The lowest BCUT2D eigenvalue weighted by Gasteiger charge is -2.09. The molecule has 2 aromatic rings. The van der Waals surface area contributed by atoms with Gasteiger partial charge in [0.15, 0.2) is 0 Å². The van der Waals surface area contributed by atoms with Crippen LogP contribution in [0.2, 0.25) is 10.0 Å². The summed E-state index contributed by atoms with van der Waals surface area (Å²) in [5, 5.41) is 3.65. The predicted octanol–water partition coefficient (Wildman–Crippen LogP) is 3.65. The van der Waals surface area contributed by atoms with Gasteiger partial charge in [0.25, 0.3) is 5.91 Å². The number of hydrogen-bond acceptors (Lipinski definition) is 3. The molecule has 4 nitrogen and oxygen atoms in total. The highest BCUT2D eigenvalue weighted by Crippen LogP contribution is 2.23. The van der Waals surface area contributed by atoms with Crippen molar-refractivity contribution in [3.05, 3.63) is 51.5 Å². The highest BCUT2D eigenvalue weighted by atomic mass is 35.5. The molecule has 0 unspecified atom stereocenters. The van der Waals surface area contributed by atoms with Gasteiger partial charge in [0, 0.05) is 15.7 Å². The molecule has 0 aliphatic rings. The summed E-state index contributed by atoms with van der Waals surface area (Å²) < 4.78 is 0. The van der Waals surface area contributed by atoms with Gasteiger partial charge in [0.1, 0.15) is 6.33 Å². The van der Waals surface area contributed by atoms with Crippen LogP contribution in [-0.4, -0.2) is 15.9 Å². The zero-order valence-corrected chi connectivity index (χ0v) is 11.9. The zero-order chi connectivity index (χ0) is 14.0. The number of anilines is 1. The quantitative estimate of drug-likeness (QED) is 0.920. The molecule has 0 bridgehead atoms. The van der Waals surface area contributed by atoms with Crippen molar-refractivity contribution in [3.63, 3.8) is 0 Å². The lowest BCUT2D eigenvalue weighted by Crippen LogP contribution is -2.16. The van der Waals surface area contributed by atoms with Crippen molar-refractivity contribution in [2.24, 2.45) is 0 Å². The smallest absolute Gasteiger partial charge is 0.259 e. The standard InChI is InChI=1S/C13H11Cl2N3O/c1-7-12(8(2)17-6-16-7)13(19)18-11-4-9(14)3-10(15)5-11/h3-6H,1-2H3,(H,18,19). The minimum Gasteiger partial charge on any atom is -0.322 e. The Morgan fingerprint density at radius 3 is 2.11 bits per heavy atom. The largest absolute Gasteiger partial charge is 0.322 e. The number of nitrogens with one attached hydrogen (secondary N) is 1. The second-order valence-corrected chi connectivity index (χ2v) is 4.90. The Kier molecular flexibility index (Phi) is 4.02. The molecule has 2 rings (SSSR count). The van der Waals surface area contributed by atoms with Gasteiger partial charge in [-0.3, -0.25) is 4.79 Å². The summed E-state index contributed by atoms with van der Waals surface area (Å²) in [5.74, 6) is -0.283. The number of amides is 1. The molecule has 1 N–H and O–H groups in total. The molecule has 0 aliphatic heterocycles. The summed E-state index contributed by atoms with van der Waals surface area (Å²) in [7, 11) is 0. The van der Waals surface area contributed by atoms with Crippen molar-refractivity contribution in [2.45, 2.75) is 13.8 Å². The van der Waals surface area contributed by atoms with E-state index in [-0.39, 0.29) is 5.91 Å². The van der Waals surface area contributed by atoms with Crippen molar-refractivity contribution in [2.75, 3.05) is 5.32 Å². The minimum absolute atomic E-state index is 0.283. The van der Waals surface area contributed by atoms with Crippen molar-refractivity contribution < 1.29 is 4.79 Å². The fraction of sp³-hybridized carbons (Fsp3) is 0.154. The molecule has 0 atom stereocenters. The van der Waals surface area contributed by atoms with Gasteiger partial charge in [-0.05, 0) is 32.0 Å². The number of aromatic nitrogens is 2. The second kappa shape index (κ2) is 5.55. The van der Waals surface area contributed by atoms with Gasteiger partial charge in [-0.1, -0.05) is 23.2 Å². The fourth-order valence-corrected chi connectivity index (χ4v) is 2.27. The molecule has 0 saturated carbocycles. The summed E-state index contributed by atoms with van der Waals surface area (Å²) in [5.41, 5.74) is 2.24. The van der Waals surface area contributed by atoms with Crippen LogP contribution in [0.25, 0.3) is 0 Å². The number of rotatable bonds is 2. The van der Waals surface area contributed by atoms with Crippen LogP contribution >= 0.6 is 23.2 Å². The Balaban J connectivity index is 2.31. The number of hydrogen-bond donors (Lipinski definition) is 1. The highest BCUT2D eigenvalue weighted by Gasteiger charge is 2.14. The first-order valence-corrected chi connectivity index (χ1v) is 6.28.